The zero-order chi connectivity index (χ0) is 20.9. The van der Waals surface area contributed by atoms with Gasteiger partial charge in [0.15, 0.2) is 6.61 Å². The Hall–Kier alpha value is -2.58. The maximum Gasteiger partial charge on any atom is 0.262 e. The number of amides is 1. The van der Waals surface area contributed by atoms with Crippen molar-refractivity contribution in [2.24, 2.45) is 0 Å². The second-order valence-electron chi connectivity index (χ2n) is 7.11. The van der Waals surface area contributed by atoms with Crippen molar-refractivity contribution in [3.8, 4) is 11.5 Å². The molecule has 1 saturated carbocycles. The van der Waals surface area contributed by atoms with Crippen molar-refractivity contribution in [2.75, 3.05) is 19.0 Å². The molecule has 0 bridgehead atoms. The summed E-state index contributed by atoms with van der Waals surface area (Å²) in [5.41, 5.74) is 1.56. The van der Waals surface area contributed by atoms with Gasteiger partial charge in [-0.2, -0.15) is 0 Å². The van der Waals surface area contributed by atoms with Crippen LogP contribution in [0, 0.1) is 6.92 Å². The average Bonchev–Trinajstić information content (AvgIpc) is 3.19. The van der Waals surface area contributed by atoms with Crippen LogP contribution in [0.1, 0.15) is 31.2 Å². The van der Waals surface area contributed by atoms with E-state index in [0.29, 0.717) is 17.2 Å². The molecule has 0 saturated heterocycles. The first-order valence-corrected chi connectivity index (χ1v) is 11.1. The largest absolute Gasteiger partial charge is 0.495 e. The number of ether oxygens (including phenoxy) is 2. The molecule has 1 amide bonds. The van der Waals surface area contributed by atoms with Crippen molar-refractivity contribution in [1.29, 1.82) is 0 Å². The van der Waals surface area contributed by atoms with Crippen LogP contribution in [0.15, 0.2) is 47.4 Å². The highest BCUT2D eigenvalue weighted by atomic mass is 32.2. The van der Waals surface area contributed by atoms with Gasteiger partial charge in [-0.15, -0.1) is 0 Å². The van der Waals surface area contributed by atoms with Crippen molar-refractivity contribution in [3.63, 3.8) is 0 Å². The number of anilines is 1. The molecule has 0 atom stereocenters. The van der Waals surface area contributed by atoms with Crippen molar-refractivity contribution >= 4 is 21.6 Å². The molecule has 1 fully saturated rings. The van der Waals surface area contributed by atoms with Gasteiger partial charge in [0.2, 0.25) is 10.0 Å². The van der Waals surface area contributed by atoms with Crippen LogP contribution in [-0.4, -0.2) is 34.1 Å². The van der Waals surface area contributed by atoms with E-state index >= 15 is 0 Å². The maximum absolute atomic E-state index is 12.4. The maximum atomic E-state index is 12.4. The molecule has 0 spiro atoms. The number of rotatable bonds is 8. The lowest BCUT2D eigenvalue weighted by Gasteiger charge is -2.13. The molecular weight excluding hydrogens is 392 g/mol. The first kappa shape index (κ1) is 21.1. The van der Waals surface area contributed by atoms with E-state index in [1.807, 2.05) is 19.1 Å². The first-order valence-electron chi connectivity index (χ1n) is 9.57. The lowest BCUT2D eigenvalue weighted by molar-refractivity contribution is -0.118. The summed E-state index contributed by atoms with van der Waals surface area (Å²) in [6.07, 6.45) is 3.86. The molecule has 29 heavy (non-hydrogen) atoms. The number of hydrogen-bond acceptors (Lipinski definition) is 5. The Morgan fingerprint density at radius 1 is 1.10 bits per heavy atom. The topological polar surface area (TPSA) is 93.7 Å². The second-order valence-corrected chi connectivity index (χ2v) is 8.83. The van der Waals surface area contributed by atoms with Crippen molar-refractivity contribution < 1.29 is 22.7 Å². The lowest BCUT2D eigenvalue weighted by Crippen LogP contribution is -2.32. The standard InChI is InChI=1S/C21H26N2O5S/c1-15-7-12-20(27-2)19(13-15)22-21(24)14-28-17-8-10-18(11-9-17)29(25,26)23-16-5-3-4-6-16/h7-13,16,23H,3-6,14H2,1-2H3,(H,22,24). The molecule has 156 valence electrons. The van der Waals surface area contributed by atoms with Crippen LogP contribution in [0.3, 0.4) is 0 Å². The molecule has 0 radical (unpaired) electrons. The Balaban J connectivity index is 1.56. The highest BCUT2D eigenvalue weighted by Gasteiger charge is 2.22. The number of carbonyl (C=O) groups excluding carboxylic acids is 1. The molecule has 7 nitrogen and oxygen atoms in total. The molecule has 0 heterocycles. The molecule has 0 aromatic heterocycles. The van der Waals surface area contributed by atoms with Crippen LogP contribution >= 0.6 is 0 Å². The van der Waals surface area contributed by atoms with E-state index in [2.05, 4.69) is 10.0 Å². The minimum atomic E-state index is -3.54. The Bertz CT molecular complexity index is 952. The van der Waals surface area contributed by atoms with E-state index < -0.39 is 10.0 Å². The van der Waals surface area contributed by atoms with Gasteiger partial charge in [0.25, 0.3) is 5.91 Å². The van der Waals surface area contributed by atoms with Crippen LogP contribution in [0.25, 0.3) is 0 Å². The summed E-state index contributed by atoms with van der Waals surface area (Å²) in [4.78, 5) is 12.4. The van der Waals surface area contributed by atoms with Gasteiger partial charge in [0.05, 0.1) is 17.7 Å². The van der Waals surface area contributed by atoms with Crippen molar-refractivity contribution in [3.05, 3.63) is 48.0 Å². The number of methoxy groups -OCH3 is 1. The van der Waals surface area contributed by atoms with Gasteiger partial charge in [0, 0.05) is 6.04 Å². The van der Waals surface area contributed by atoms with E-state index in [4.69, 9.17) is 9.47 Å². The summed E-state index contributed by atoms with van der Waals surface area (Å²) >= 11 is 0. The van der Waals surface area contributed by atoms with E-state index in [1.165, 1.54) is 19.2 Å². The summed E-state index contributed by atoms with van der Waals surface area (Å²) in [6, 6.07) is 11.6. The van der Waals surface area contributed by atoms with Crippen molar-refractivity contribution in [2.45, 2.75) is 43.5 Å². The quantitative estimate of drug-likeness (QED) is 0.686. The first-order chi connectivity index (χ1) is 13.9. The fourth-order valence-electron chi connectivity index (χ4n) is 3.30. The van der Waals surface area contributed by atoms with Gasteiger partial charge >= 0.3 is 0 Å². The smallest absolute Gasteiger partial charge is 0.262 e. The predicted molar refractivity (Wildman–Crippen MR) is 111 cm³/mol. The third-order valence-electron chi connectivity index (χ3n) is 4.81. The zero-order valence-corrected chi connectivity index (χ0v) is 17.4. The second kappa shape index (κ2) is 9.28. The van der Waals surface area contributed by atoms with Crippen LogP contribution in [0.5, 0.6) is 11.5 Å². The molecule has 0 aliphatic heterocycles. The van der Waals surface area contributed by atoms with E-state index in [9.17, 15) is 13.2 Å². The fraction of sp³-hybridized carbons (Fsp3) is 0.381. The molecular formula is C21H26N2O5S. The number of carbonyl (C=O) groups is 1. The van der Waals surface area contributed by atoms with Gasteiger partial charge in [-0.3, -0.25) is 4.79 Å². The Morgan fingerprint density at radius 3 is 2.45 bits per heavy atom. The van der Waals surface area contributed by atoms with Gasteiger partial charge in [0.1, 0.15) is 11.5 Å². The monoisotopic (exact) mass is 418 g/mol. The highest BCUT2D eigenvalue weighted by Crippen LogP contribution is 2.25. The van der Waals surface area contributed by atoms with Crippen molar-refractivity contribution in [1.82, 2.24) is 4.72 Å². The minimum absolute atomic E-state index is 0.0123. The third kappa shape index (κ3) is 5.71. The summed E-state index contributed by atoms with van der Waals surface area (Å²) in [5, 5.41) is 2.75. The Kier molecular flexibility index (Phi) is 6.76. The number of sulfonamides is 1. The molecule has 1 aliphatic rings. The van der Waals surface area contributed by atoms with Crippen LogP contribution in [0.4, 0.5) is 5.69 Å². The highest BCUT2D eigenvalue weighted by molar-refractivity contribution is 7.89. The zero-order valence-electron chi connectivity index (χ0n) is 16.6. The van der Waals surface area contributed by atoms with Crippen LogP contribution in [0.2, 0.25) is 0 Å². The van der Waals surface area contributed by atoms with E-state index in [-0.39, 0.29) is 23.5 Å². The normalized spacial score (nSPS) is 14.6. The Morgan fingerprint density at radius 2 is 1.79 bits per heavy atom. The van der Waals surface area contributed by atoms with E-state index in [1.54, 1.807) is 18.2 Å². The third-order valence-corrected chi connectivity index (χ3v) is 6.35. The summed E-state index contributed by atoms with van der Waals surface area (Å²) < 4.78 is 38.3. The molecule has 1 aliphatic carbocycles. The minimum Gasteiger partial charge on any atom is -0.495 e. The number of benzene rings is 2. The number of aryl methyl sites for hydroxylation is 1. The summed E-state index contributed by atoms with van der Waals surface area (Å²) in [7, 11) is -2.01. The summed E-state index contributed by atoms with van der Waals surface area (Å²) in [5.74, 6) is 0.637. The fourth-order valence-corrected chi connectivity index (χ4v) is 4.61. The van der Waals surface area contributed by atoms with Gasteiger partial charge in [-0.25, -0.2) is 13.1 Å². The van der Waals surface area contributed by atoms with Gasteiger partial charge < -0.3 is 14.8 Å². The molecule has 8 heteroatoms. The number of nitrogens with one attached hydrogen (secondary N) is 2. The lowest BCUT2D eigenvalue weighted by atomic mass is 10.2. The molecule has 2 N–H and O–H groups in total. The van der Waals surface area contributed by atoms with Crippen LogP contribution in [-0.2, 0) is 14.8 Å². The SMILES string of the molecule is COc1ccc(C)cc1NC(=O)COc1ccc(S(=O)(=O)NC2CCCC2)cc1. The molecule has 2 aromatic carbocycles. The predicted octanol–water partition coefficient (Wildman–Crippen LogP) is 3.24. The molecule has 3 rings (SSSR count). The summed E-state index contributed by atoms with van der Waals surface area (Å²) in [6.45, 7) is 1.71. The molecule has 0 unspecified atom stereocenters. The van der Waals surface area contributed by atoms with Gasteiger partial charge in [-0.05, 0) is 61.7 Å². The van der Waals surface area contributed by atoms with E-state index in [0.717, 1.165) is 31.2 Å². The average molecular weight is 419 g/mol. The molecule has 2 aromatic rings. The van der Waals surface area contributed by atoms with Gasteiger partial charge in [-0.1, -0.05) is 18.9 Å². The van der Waals surface area contributed by atoms with Crippen LogP contribution < -0.4 is 19.5 Å². The number of hydrogen-bond donors (Lipinski definition) is 2. The Labute approximate surface area is 171 Å².